The molecule has 3 aromatic rings. The summed E-state index contributed by atoms with van der Waals surface area (Å²) in [5, 5.41) is 3.84. The van der Waals surface area contributed by atoms with Crippen molar-refractivity contribution in [1.82, 2.24) is 9.71 Å². The van der Waals surface area contributed by atoms with Crippen molar-refractivity contribution in [2.24, 2.45) is 4.99 Å². The summed E-state index contributed by atoms with van der Waals surface area (Å²) < 4.78 is 33.9. The Morgan fingerprint density at radius 3 is 2.50 bits per heavy atom. The molecule has 30 heavy (non-hydrogen) atoms. The number of anilines is 1. The molecule has 0 aliphatic carbocycles. The third-order valence-electron chi connectivity index (χ3n) is 4.31. The van der Waals surface area contributed by atoms with E-state index in [4.69, 9.17) is 27.9 Å². The van der Waals surface area contributed by atoms with Crippen LogP contribution in [0.2, 0.25) is 10.0 Å². The zero-order chi connectivity index (χ0) is 21.3. The molecule has 1 aliphatic rings. The van der Waals surface area contributed by atoms with E-state index in [1.54, 1.807) is 61.7 Å². The number of sulfonamides is 1. The van der Waals surface area contributed by atoms with Gasteiger partial charge in [0.15, 0.2) is 5.75 Å². The largest absolute Gasteiger partial charge is 0.454 e. The number of guanidine groups is 1. The van der Waals surface area contributed by atoms with Gasteiger partial charge in [0.2, 0.25) is 5.96 Å². The minimum atomic E-state index is -3.86. The van der Waals surface area contributed by atoms with E-state index < -0.39 is 16.1 Å². The Kier molecular flexibility index (Phi) is 5.55. The van der Waals surface area contributed by atoms with Crippen LogP contribution in [-0.4, -0.2) is 19.4 Å². The number of hydrogen-bond donors (Lipinski definition) is 2. The van der Waals surface area contributed by atoms with Crippen LogP contribution in [0.25, 0.3) is 0 Å². The summed E-state index contributed by atoms with van der Waals surface area (Å²) in [6, 6.07) is 14.5. The molecule has 0 unspecified atom stereocenters. The molecule has 0 radical (unpaired) electrons. The van der Waals surface area contributed by atoms with Crippen molar-refractivity contribution in [2.75, 3.05) is 5.32 Å². The van der Waals surface area contributed by atoms with Gasteiger partial charge in [-0.05, 0) is 43.3 Å². The summed E-state index contributed by atoms with van der Waals surface area (Å²) in [7, 11) is -3.86. The third kappa shape index (κ3) is 4.07. The number of rotatable bonds is 4. The molecule has 0 saturated heterocycles. The highest BCUT2D eigenvalue weighted by Crippen LogP contribution is 2.38. The molecular formula is C20H16Cl2N4O3S. The van der Waals surface area contributed by atoms with Gasteiger partial charge in [-0.15, -0.1) is 0 Å². The van der Waals surface area contributed by atoms with Crippen LogP contribution in [0.3, 0.4) is 0 Å². The highest BCUT2D eigenvalue weighted by Gasteiger charge is 2.30. The number of aliphatic imine (C=N–C) groups is 1. The van der Waals surface area contributed by atoms with E-state index >= 15 is 0 Å². The molecule has 1 aromatic heterocycles. The van der Waals surface area contributed by atoms with Crippen LogP contribution in [0.4, 0.5) is 5.69 Å². The number of benzene rings is 2. The normalized spacial score (nSPS) is 16.8. The minimum absolute atomic E-state index is 0.0342. The second-order valence-corrected chi connectivity index (χ2v) is 8.88. The fourth-order valence-electron chi connectivity index (χ4n) is 2.93. The van der Waals surface area contributed by atoms with Crippen LogP contribution >= 0.6 is 23.2 Å². The number of aromatic nitrogens is 1. The Morgan fingerprint density at radius 1 is 1.00 bits per heavy atom. The van der Waals surface area contributed by atoms with Gasteiger partial charge in [0.05, 0.1) is 21.8 Å². The number of ether oxygens (including phenoxy) is 1. The van der Waals surface area contributed by atoms with Crippen molar-refractivity contribution < 1.29 is 13.2 Å². The third-order valence-corrected chi connectivity index (χ3v) is 6.33. The van der Waals surface area contributed by atoms with Gasteiger partial charge in [0.25, 0.3) is 10.0 Å². The molecule has 4 rings (SSSR count). The Hall–Kier alpha value is -2.81. The van der Waals surface area contributed by atoms with Crippen LogP contribution < -0.4 is 14.8 Å². The maximum absolute atomic E-state index is 12.8. The molecule has 2 N–H and O–H groups in total. The van der Waals surface area contributed by atoms with Crippen molar-refractivity contribution >= 4 is 44.9 Å². The molecule has 0 spiro atoms. The van der Waals surface area contributed by atoms with Gasteiger partial charge in [-0.2, -0.15) is 0 Å². The zero-order valence-corrected chi connectivity index (χ0v) is 18.0. The minimum Gasteiger partial charge on any atom is -0.454 e. The number of para-hydroxylation sites is 2. The molecule has 2 heterocycles. The van der Waals surface area contributed by atoms with E-state index in [9.17, 15) is 8.42 Å². The maximum atomic E-state index is 12.8. The zero-order valence-electron chi connectivity index (χ0n) is 15.6. The highest BCUT2D eigenvalue weighted by atomic mass is 35.5. The Bertz CT molecular complexity index is 1250. The van der Waals surface area contributed by atoms with Crippen LogP contribution in [-0.2, 0) is 10.0 Å². The Labute approximate surface area is 183 Å². The fourth-order valence-corrected chi connectivity index (χ4v) is 4.53. The van der Waals surface area contributed by atoms with Crippen LogP contribution in [0.5, 0.6) is 11.5 Å². The summed E-state index contributed by atoms with van der Waals surface area (Å²) in [5.41, 5.74) is 0.785. The number of nitrogens with one attached hydrogen (secondary N) is 2. The van der Waals surface area contributed by atoms with E-state index in [1.807, 2.05) is 0 Å². The number of fused-ring (bicyclic) bond motifs is 1. The first-order valence-corrected chi connectivity index (χ1v) is 11.1. The Balaban J connectivity index is 1.73. The van der Waals surface area contributed by atoms with Gasteiger partial charge < -0.3 is 10.1 Å². The van der Waals surface area contributed by atoms with E-state index in [0.29, 0.717) is 27.2 Å². The van der Waals surface area contributed by atoms with Gasteiger partial charge in [-0.1, -0.05) is 41.4 Å². The quantitative estimate of drug-likeness (QED) is 0.568. The van der Waals surface area contributed by atoms with Gasteiger partial charge >= 0.3 is 0 Å². The average Bonchev–Trinajstić information content (AvgIpc) is 2.70. The molecule has 0 amide bonds. The lowest BCUT2D eigenvalue weighted by Gasteiger charge is -2.24. The summed E-state index contributed by atoms with van der Waals surface area (Å²) in [5.74, 6) is 0.728. The number of pyridine rings is 1. The molecular weight excluding hydrogens is 447 g/mol. The lowest BCUT2D eigenvalue weighted by molar-refractivity contribution is 0.483. The molecule has 0 fully saturated rings. The fraction of sp³-hybridized carbons (Fsp3) is 0.100. The van der Waals surface area contributed by atoms with Crippen LogP contribution in [0.1, 0.15) is 18.7 Å². The molecule has 2 aromatic carbocycles. The molecule has 0 saturated carbocycles. The maximum Gasteiger partial charge on any atom is 0.266 e. The monoisotopic (exact) mass is 462 g/mol. The predicted octanol–water partition coefficient (Wildman–Crippen LogP) is 5.00. The van der Waals surface area contributed by atoms with Crippen molar-refractivity contribution in [3.8, 4) is 11.5 Å². The van der Waals surface area contributed by atoms with E-state index in [2.05, 4.69) is 20.0 Å². The molecule has 1 aliphatic heterocycles. The van der Waals surface area contributed by atoms with Crippen molar-refractivity contribution in [3.63, 3.8) is 0 Å². The van der Waals surface area contributed by atoms with Gasteiger partial charge in [0, 0.05) is 6.20 Å². The van der Waals surface area contributed by atoms with E-state index in [-0.39, 0.29) is 16.5 Å². The van der Waals surface area contributed by atoms with Gasteiger partial charge in [-0.25, -0.2) is 18.1 Å². The lowest BCUT2D eigenvalue weighted by atomic mass is 10.2. The van der Waals surface area contributed by atoms with E-state index in [0.717, 1.165) is 0 Å². The summed E-state index contributed by atoms with van der Waals surface area (Å²) in [4.78, 5) is 8.67. The summed E-state index contributed by atoms with van der Waals surface area (Å²) >= 11 is 12.4. The smallest absolute Gasteiger partial charge is 0.266 e. The van der Waals surface area contributed by atoms with Crippen molar-refractivity contribution in [3.05, 3.63) is 76.5 Å². The number of halogens is 2. The standard InChI is InChI=1S/C20H16Cl2N4O3S/c1-12(18-14(22)7-5-11-23-18)24-20-25-19-16(29-15-8-3-2-6-13(15)21)9-4-10-17(19)30(27,28)26-20/h2-12H,1H3,(H2,24,25,26)/t12-/m1/s1. The number of hydrogen-bond acceptors (Lipinski definition) is 5. The first-order chi connectivity index (χ1) is 14.3. The average molecular weight is 463 g/mol. The molecule has 7 nitrogen and oxygen atoms in total. The molecule has 0 bridgehead atoms. The highest BCUT2D eigenvalue weighted by molar-refractivity contribution is 7.90. The molecule has 154 valence electrons. The summed E-state index contributed by atoms with van der Waals surface area (Å²) in [6.45, 7) is 1.76. The predicted molar refractivity (Wildman–Crippen MR) is 117 cm³/mol. The first-order valence-electron chi connectivity index (χ1n) is 8.88. The topological polar surface area (TPSA) is 92.7 Å². The first kappa shape index (κ1) is 20.5. The molecule has 10 heteroatoms. The van der Waals surface area contributed by atoms with Gasteiger partial charge in [-0.3, -0.25) is 4.98 Å². The van der Waals surface area contributed by atoms with Crippen LogP contribution in [0, 0.1) is 0 Å². The Morgan fingerprint density at radius 2 is 1.73 bits per heavy atom. The summed E-state index contributed by atoms with van der Waals surface area (Å²) in [6.07, 6.45) is 1.60. The second kappa shape index (κ2) is 8.14. The van der Waals surface area contributed by atoms with Crippen LogP contribution in [0.15, 0.2) is 70.7 Å². The SMILES string of the molecule is C[C@@H](N=C1Nc2c(Oc3ccccc3Cl)cccc2S(=O)(=O)N1)c1ncccc1Cl. The molecule has 1 atom stereocenters. The lowest BCUT2D eigenvalue weighted by Crippen LogP contribution is -2.41. The number of nitrogens with zero attached hydrogens (tertiary/aromatic N) is 2. The second-order valence-electron chi connectivity index (χ2n) is 6.42. The van der Waals surface area contributed by atoms with Gasteiger partial charge in [0.1, 0.15) is 16.3 Å². The van der Waals surface area contributed by atoms with E-state index in [1.165, 1.54) is 6.07 Å². The van der Waals surface area contributed by atoms with Crippen molar-refractivity contribution in [2.45, 2.75) is 17.9 Å². The van der Waals surface area contributed by atoms with Crippen molar-refractivity contribution in [1.29, 1.82) is 0 Å².